The first-order valence-electron chi connectivity index (χ1n) is 8.89. The zero-order chi connectivity index (χ0) is 15.4. The smallest absolute Gasteiger partial charge is 0.119 e. The Kier molecular flexibility index (Phi) is 5.37. The van der Waals surface area contributed by atoms with Crippen molar-refractivity contribution in [1.29, 1.82) is 0 Å². The van der Waals surface area contributed by atoms with Crippen LogP contribution in [0.5, 0.6) is 5.75 Å². The summed E-state index contributed by atoms with van der Waals surface area (Å²) in [5, 5.41) is 3.50. The molecular weight excluding hydrogens is 272 g/mol. The maximum Gasteiger partial charge on any atom is 0.119 e. The summed E-state index contributed by atoms with van der Waals surface area (Å²) in [6, 6.07) is 7.25. The third-order valence-corrected chi connectivity index (χ3v) is 5.44. The van der Waals surface area contributed by atoms with Gasteiger partial charge in [-0.15, -0.1) is 0 Å². The normalized spacial score (nSPS) is 22.5. The number of nitrogens with one attached hydrogen (secondary N) is 1. The second kappa shape index (κ2) is 7.47. The van der Waals surface area contributed by atoms with Gasteiger partial charge in [0, 0.05) is 32.2 Å². The van der Waals surface area contributed by atoms with Crippen molar-refractivity contribution in [2.75, 3.05) is 33.3 Å². The molecule has 1 aliphatic carbocycles. The number of benzene rings is 1. The highest BCUT2D eigenvalue weighted by molar-refractivity contribution is 5.37. The van der Waals surface area contributed by atoms with E-state index in [1.807, 2.05) is 0 Å². The topological polar surface area (TPSA) is 24.5 Å². The van der Waals surface area contributed by atoms with Gasteiger partial charge < -0.3 is 10.1 Å². The largest absolute Gasteiger partial charge is 0.497 e. The van der Waals surface area contributed by atoms with E-state index in [0.29, 0.717) is 6.04 Å². The lowest BCUT2D eigenvalue weighted by atomic mass is 9.79. The van der Waals surface area contributed by atoms with Crippen LogP contribution < -0.4 is 10.1 Å². The molecule has 3 heteroatoms. The lowest BCUT2D eigenvalue weighted by Crippen LogP contribution is -2.47. The number of methoxy groups -OCH3 is 1. The van der Waals surface area contributed by atoms with E-state index < -0.39 is 0 Å². The molecule has 1 saturated carbocycles. The fraction of sp³-hybridized carbons (Fsp3) is 0.684. The highest BCUT2D eigenvalue weighted by atomic mass is 16.5. The monoisotopic (exact) mass is 302 g/mol. The van der Waals surface area contributed by atoms with Crippen LogP contribution in [-0.2, 0) is 0 Å². The average Bonchev–Trinajstić information content (AvgIpc) is 2.58. The quantitative estimate of drug-likeness (QED) is 0.921. The minimum absolute atomic E-state index is 0.591. The standard InChI is InChI=1S/C19H30N2O/c1-15-14-17(22-2)8-9-18(15)19(16-6-4-3-5-7-16)21-12-10-20-11-13-21/h8-9,14,16,19-20H,3-7,10-13H2,1-2H3/t19-/m1/s1. The zero-order valence-corrected chi connectivity index (χ0v) is 14.1. The number of aryl methyl sites for hydroxylation is 1. The van der Waals surface area contributed by atoms with Crippen LogP contribution >= 0.6 is 0 Å². The molecule has 2 fully saturated rings. The third kappa shape index (κ3) is 3.47. The van der Waals surface area contributed by atoms with E-state index in [4.69, 9.17) is 4.74 Å². The minimum atomic E-state index is 0.591. The molecule has 122 valence electrons. The Morgan fingerprint density at radius 3 is 2.50 bits per heavy atom. The molecule has 0 amide bonds. The van der Waals surface area contributed by atoms with Crippen molar-refractivity contribution in [2.24, 2.45) is 5.92 Å². The summed E-state index contributed by atoms with van der Waals surface area (Å²) in [7, 11) is 1.75. The molecule has 22 heavy (non-hydrogen) atoms. The first kappa shape index (κ1) is 15.8. The van der Waals surface area contributed by atoms with E-state index in [1.165, 1.54) is 56.3 Å². The molecule has 1 aromatic rings. The summed E-state index contributed by atoms with van der Waals surface area (Å²) in [5.74, 6) is 1.79. The van der Waals surface area contributed by atoms with Crippen LogP contribution in [0.25, 0.3) is 0 Å². The van der Waals surface area contributed by atoms with Gasteiger partial charge in [0.25, 0.3) is 0 Å². The van der Waals surface area contributed by atoms with Gasteiger partial charge in [0.1, 0.15) is 5.75 Å². The Morgan fingerprint density at radius 2 is 1.86 bits per heavy atom. The van der Waals surface area contributed by atoms with Crippen LogP contribution in [0, 0.1) is 12.8 Å². The SMILES string of the molecule is COc1ccc([C@@H](C2CCCCC2)N2CCNCC2)c(C)c1. The lowest BCUT2D eigenvalue weighted by Gasteiger charge is -2.41. The number of hydrogen-bond acceptors (Lipinski definition) is 3. The number of nitrogens with zero attached hydrogens (tertiary/aromatic N) is 1. The Balaban J connectivity index is 1.89. The predicted octanol–water partition coefficient (Wildman–Crippen LogP) is 3.53. The van der Waals surface area contributed by atoms with E-state index >= 15 is 0 Å². The third-order valence-electron chi connectivity index (χ3n) is 5.44. The number of ether oxygens (including phenoxy) is 1. The van der Waals surface area contributed by atoms with Crippen LogP contribution in [-0.4, -0.2) is 38.2 Å². The fourth-order valence-electron chi connectivity index (χ4n) is 4.27. The first-order valence-corrected chi connectivity index (χ1v) is 8.89. The molecule has 2 aliphatic rings. The van der Waals surface area contributed by atoms with E-state index in [-0.39, 0.29) is 0 Å². The Labute approximate surface area is 135 Å². The van der Waals surface area contributed by atoms with Gasteiger partial charge in [0.15, 0.2) is 0 Å². The van der Waals surface area contributed by atoms with E-state index in [1.54, 1.807) is 7.11 Å². The van der Waals surface area contributed by atoms with Crippen LogP contribution in [0.1, 0.15) is 49.3 Å². The number of rotatable bonds is 4. The molecule has 0 spiro atoms. The molecule has 0 bridgehead atoms. The maximum atomic E-state index is 5.40. The molecule has 1 N–H and O–H groups in total. The molecule has 3 rings (SSSR count). The van der Waals surface area contributed by atoms with Gasteiger partial charge in [-0.05, 0) is 48.9 Å². The van der Waals surface area contributed by atoms with Crippen LogP contribution in [0.2, 0.25) is 0 Å². The van der Waals surface area contributed by atoms with Gasteiger partial charge in [-0.1, -0.05) is 25.3 Å². The second-order valence-corrected chi connectivity index (χ2v) is 6.85. The lowest BCUT2D eigenvalue weighted by molar-refractivity contribution is 0.103. The van der Waals surface area contributed by atoms with Crippen LogP contribution in [0.3, 0.4) is 0 Å². The Morgan fingerprint density at radius 1 is 1.14 bits per heavy atom. The summed E-state index contributed by atoms with van der Waals surface area (Å²) in [4.78, 5) is 2.72. The zero-order valence-electron chi connectivity index (χ0n) is 14.1. The van der Waals surface area contributed by atoms with Crippen molar-refractivity contribution in [3.05, 3.63) is 29.3 Å². The van der Waals surface area contributed by atoms with Crippen molar-refractivity contribution in [3.8, 4) is 5.75 Å². The van der Waals surface area contributed by atoms with Crippen molar-refractivity contribution in [3.63, 3.8) is 0 Å². The summed E-state index contributed by atoms with van der Waals surface area (Å²) >= 11 is 0. The minimum Gasteiger partial charge on any atom is -0.497 e. The second-order valence-electron chi connectivity index (χ2n) is 6.85. The van der Waals surface area contributed by atoms with Gasteiger partial charge in [0.05, 0.1) is 7.11 Å². The molecule has 0 aromatic heterocycles. The molecular formula is C19H30N2O. The molecule has 1 aliphatic heterocycles. The first-order chi connectivity index (χ1) is 10.8. The summed E-state index contributed by atoms with van der Waals surface area (Å²) in [5.41, 5.74) is 2.91. The van der Waals surface area contributed by atoms with Crippen molar-refractivity contribution in [2.45, 2.75) is 45.1 Å². The molecule has 1 saturated heterocycles. The van der Waals surface area contributed by atoms with Crippen LogP contribution in [0.15, 0.2) is 18.2 Å². The summed E-state index contributed by atoms with van der Waals surface area (Å²) in [6.45, 7) is 6.84. The Hall–Kier alpha value is -1.06. The van der Waals surface area contributed by atoms with Gasteiger partial charge in [-0.2, -0.15) is 0 Å². The number of hydrogen-bond donors (Lipinski definition) is 1. The van der Waals surface area contributed by atoms with Gasteiger partial charge in [-0.25, -0.2) is 0 Å². The van der Waals surface area contributed by atoms with E-state index in [9.17, 15) is 0 Å². The highest BCUT2D eigenvalue weighted by Crippen LogP contribution is 2.40. The van der Waals surface area contributed by atoms with Gasteiger partial charge in [-0.3, -0.25) is 4.90 Å². The van der Waals surface area contributed by atoms with Crippen molar-refractivity contribution >= 4 is 0 Å². The van der Waals surface area contributed by atoms with Crippen molar-refractivity contribution < 1.29 is 4.74 Å². The highest BCUT2D eigenvalue weighted by Gasteiger charge is 2.31. The van der Waals surface area contributed by atoms with Gasteiger partial charge in [0.2, 0.25) is 0 Å². The molecule has 3 nitrogen and oxygen atoms in total. The predicted molar refractivity (Wildman–Crippen MR) is 91.5 cm³/mol. The fourth-order valence-corrected chi connectivity index (χ4v) is 4.27. The maximum absolute atomic E-state index is 5.40. The summed E-state index contributed by atoms with van der Waals surface area (Å²) < 4.78 is 5.40. The average molecular weight is 302 g/mol. The Bertz CT molecular complexity index is 458. The van der Waals surface area contributed by atoms with Crippen LogP contribution in [0.4, 0.5) is 0 Å². The van der Waals surface area contributed by atoms with Crippen molar-refractivity contribution in [1.82, 2.24) is 10.2 Å². The molecule has 0 unspecified atom stereocenters. The number of piperazine rings is 1. The molecule has 0 radical (unpaired) electrons. The molecule has 1 heterocycles. The summed E-state index contributed by atoms with van der Waals surface area (Å²) in [6.07, 6.45) is 7.01. The molecule has 1 aromatic carbocycles. The van der Waals surface area contributed by atoms with E-state index in [0.717, 1.165) is 24.8 Å². The van der Waals surface area contributed by atoms with E-state index in [2.05, 4.69) is 35.3 Å². The molecule has 1 atom stereocenters. The van der Waals surface area contributed by atoms with Gasteiger partial charge >= 0.3 is 0 Å².